The maximum atomic E-state index is 11.5. The minimum absolute atomic E-state index is 0.0204. The molecule has 1 unspecified atom stereocenters. The number of aliphatic carboxylic acids is 1. The first-order valence-corrected chi connectivity index (χ1v) is 6.80. The second-order valence-electron chi connectivity index (χ2n) is 5.12. The van der Waals surface area contributed by atoms with Crippen molar-refractivity contribution in [1.29, 1.82) is 0 Å². The topological polar surface area (TPSA) is 90.9 Å². The van der Waals surface area contributed by atoms with E-state index in [1.54, 1.807) is 7.11 Å². The molecule has 0 rings (SSSR count). The molecule has 0 aromatic rings. The molecule has 0 fully saturated rings. The van der Waals surface area contributed by atoms with Crippen LogP contribution in [0.1, 0.15) is 13.8 Å². The van der Waals surface area contributed by atoms with Crippen molar-refractivity contribution in [2.75, 3.05) is 46.9 Å². The van der Waals surface area contributed by atoms with E-state index in [0.29, 0.717) is 19.7 Å². The lowest BCUT2D eigenvalue weighted by Crippen LogP contribution is -2.43. The predicted molar refractivity (Wildman–Crippen MR) is 76.7 cm³/mol. The molecule has 0 aliphatic rings. The smallest absolute Gasteiger partial charge is 0.314 e. The van der Waals surface area contributed by atoms with E-state index in [0.717, 1.165) is 6.54 Å². The van der Waals surface area contributed by atoms with Gasteiger partial charge in [-0.05, 0) is 13.0 Å². The van der Waals surface area contributed by atoms with E-state index in [4.69, 9.17) is 9.84 Å². The maximum absolute atomic E-state index is 11.5. The second kappa shape index (κ2) is 10.4. The molecule has 7 heteroatoms. The first kappa shape index (κ1) is 18.7. The number of hydrogen-bond acceptors (Lipinski definition) is 4. The molecule has 7 nitrogen and oxygen atoms in total. The first-order chi connectivity index (χ1) is 9.38. The zero-order valence-corrected chi connectivity index (χ0v) is 12.8. The summed E-state index contributed by atoms with van der Waals surface area (Å²) in [5.41, 5.74) is 0. The number of carbonyl (C=O) groups is 2. The third-order valence-electron chi connectivity index (χ3n) is 3.06. The molecular formula is C13H27N3O4. The van der Waals surface area contributed by atoms with Gasteiger partial charge in [0.15, 0.2) is 0 Å². The molecule has 2 amide bonds. The molecule has 0 heterocycles. The molecule has 0 aromatic heterocycles. The van der Waals surface area contributed by atoms with Crippen molar-refractivity contribution in [3.63, 3.8) is 0 Å². The largest absolute Gasteiger partial charge is 0.481 e. The van der Waals surface area contributed by atoms with Gasteiger partial charge in [0.1, 0.15) is 0 Å². The van der Waals surface area contributed by atoms with Crippen LogP contribution >= 0.6 is 0 Å². The fourth-order valence-electron chi connectivity index (χ4n) is 1.59. The molecule has 0 aliphatic heterocycles. The van der Waals surface area contributed by atoms with Crippen molar-refractivity contribution >= 4 is 12.0 Å². The lowest BCUT2D eigenvalue weighted by molar-refractivity contribution is -0.142. The number of rotatable bonds is 10. The van der Waals surface area contributed by atoms with Crippen LogP contribution in [0.3, 0.4) is 0 Å². The van der Waals surface area contributed by atoms with Crippen LogP contribution < -0.4 is 10.6 Å². The van der Waals surface area contributed by atoms with Crippen LogP contribution in [0.15, 0.2) is 0 Å². The van der Waals surface area contributed by atoms with Crippen LogP contribution in [0, 0.1) is 11.8 Å². The summed E-state index contributed by atoms with van der Waals surface area (Å²) in [6.45, 7) is 6.45. The lowest BCUT2D eigenvalue weighted by atomic mass is 9.96. The van der Waals surface area contributed by atoms with Crippen LogP contribution in [0.5, 0.6) is 0 Å². The molecule has 0 radical (unpaired) electrons. The Bertz CT molecular complexity index is 297. The summed E-state index contributed by atoms with van der Waals surface area (Å²) in [7, 11) is 3.59. The normalized spacial score (nSPS) is 12.5. The Hall–Kier alpha value is -1.34. The van der Waals surface area contributed by atoms with Crippen LogP contribution in [-0.2, 0) is 9.53 Å². The Kier molecular flexibility index (Phi) is 9.75. The molecule has 20 heavy (non-hydrogen) atoms. The average molecular weight is 289 g/mol. The van der Waals surface area contributed by atoms with Gasteiger partial charge < -0.3 is 25.4 Å². The maximum Gasteiger partial charge on any atom is 0.314 e. The van der Waals surface area contributed by atoms with Crippen molar-refractivity contribution in [3.8, 4) is 0 Å². The van der Waals surface area contributed by atoms with Crippen LogP contribution in [-0.4, -0.2) is 69.0 Å². The fraction of sp³-hybridized carbons (Fsp3) is 0.846. The Morgan fingerprint density at radius 1 is 1.25 bits per heavy atom. The standard InChI is InChI=1S/C13H27N3O4/c1-10(2)11(12(17)18)9-15-13(19)14-5-6-16(3)7-8-20-4/h10-11H,5-9H2,1-4H3,(H,17,18)(H2,14,15,19). The molecule has 0 saturated heterocycles. The van der Waals surface area contributed by atoms with E-state index < -0.39 is 11.9 Å². The summed E-state index contributed by atoms with van der Waals surface area (Å²) >= 11 is 0. The van der Waals surface area contributed by atoms with Gasteiger partial charge in [-0.2, -0.15) is 0 Å². The Labute approximate surface area is 120 Å². The third kappa shape index (κ3) is 8.71. The van der Waals surface area contributed by atoms with Crippen LogP contribution in [0.25, 0.3) is 0 Å². The molecular weight excluding hydrogens is 262 g/mol. The Balaban J connectivity index is 3.80. The summed E-state index contributed by atoms with van der Waals surface area (Å²) < 4.78 is 4.95. The van der Waals surface area contributed by atoms with Crippen LogP contribution in [0.4, 0.5) is 4.79 Å². The van der Waals surface area contributed by atoms with Crippen molar-refractivity contribution in [2.45, 2.75) is 13.8 Å². The van der Waals surface area contributed by atoms with E-state index in [9.17, 15) is 9.59 Å². The van der Waals surface area contributed by atoms with E-state index in [1.807, 2.05) is 25.8 Å². The van der Waals surface area contributed by atoms with Gasteiger partial charge in [0, 0.05) is 33.3 Å². The van der Waals surface area contributed by atoms with Gasteiger partial charge >= 0.3 is 12.0 Å². The molecule has 1 atom stereocenters. The first-order valence-electron chi connectivity index (χ1n) is 6.80. The Morgan fingerprint density at radius 3 is 2.40 bits per heavy atom. The van der Waals surface area contributed by atoms with Crippen molar-refractivity contribution in [3.05, 3.63) is 0 Å². The van der Waals surface area contributed by atoms with Crippen molar-refractivity contribution in [2.24, 2.45) is 11.8 Å². The number of urea groups is 1. The second-order valence-corrected chi connectivity index (χ2v) is 5.12. The summed E-state index contributed by atoms with van der Waals surface area (Å²) in [6.07, 6.45) is 0. The fourth-order valence-corrected chi connectivity index (χ4v) is 1.59. The number of carboxylic acid groups (broad SMARTS) is 1. The number of ether oxygens (including phenoxy) is 1. The number of likely N-dealkylation sites (N-methyl/N-ethyl adjacent to an activating group) is 1. The molecule has 0 saturated carbocycles. The van der Waals surface area contributed by atoms with Crippen LogP contribution in [0.2, 0.25) is 0 Å². The van der Waals surface area contributed by atoms with E-state index in [-0.39, 0.29) is 18.5 Å². The van der Waals surface area contributed by atoms with Gasteiger partial charge in [-0.1, -0.05) is 13.8 Å². The summed E-state index contributed by atoms with van der Waals surface area (Å²) in [5, 5.41) is 14.3. The number of hydrogen-bond donors (Lipinski definition) is 3. The average Bonchev–Trinajstić information content (AvgIpc) is 2.35. The zero-order chi connectivity index (χ0) is 15.5. The van der Waals surface area contributed by atoms with Gasteiger partial charge in [-0.15, -0.1) is 0 Å². The summed E-state index contributed by atoms with van der Waals surface area (Å²) in [4.78, 5) is 24.5. The molecule has 0 spiro atoms. The molecule has 3 N–H and O–H groups in total. The highest BCUT2D eigenvalue weighted by molar-refractivity contribution is 5.75. The third-order valence-corrected chi connectivity index (χ3v) is 3.06. The number of carbonyl (C=O) groups excluding carboxylic acids is 1. The monoisotopic (exact) mass is 289 g/mol. The van der Waals surface area contributed by atoms with Crippen molar-refractivity contribution in [1.82, 2.24) is 15.5 Å². The van der Waals surface area contributed by atoms with Gasteiger partial charge in [-0.25, -0.2) is 4.79 Å². The minimum atomic E-state index is -0.889. The number of nitrogens with one attached hydrogen (secondary N) is 2. The molecule has 0 aromatic carbocycles. The number of methoxy groups -OCH3 is 1. The quantitative estimate of drug-likeness (QED) is 0.535. The highest BCUT2D eigenvalue weighted by atomic mass is 16.5. The lowest BCUT2D eigenvalue weighted by Gasteiger charge is -2.18. The SMILES string of the molecule is COCCN(C)CCNC(=O)NCC(C(=O)O)C(C)C. The highest BCUT2D eigenvalue weighted by Crippen LogP contribution is 2.09. The number of nitrogens with zero attached hydrogens (tertiary/aromatic N) is 1. The van der Waals surface area contributed by atoms with Gasteiger partial charge in [0.25, 0.3) is 0 Å². The summed E-state index contributed by atoms with van der Waals surface area (Å²) in [6, 6.07) is -0.336. The van der Waals surface area contributed by atoms with Gasteiger partial charge in [-0.3, -0.25) is 4.79 Å². The van der Waals surface area contributed by atoms with E-state index in [1.165, 1.54) is 0 Å². The minimum Gasteiger partial charge on any atom is -0.481 e. The van der Waals surface area contributed by atoms with E-state index >= 15 is 0 Å². The Morgan fingerprint density at radius 2 is 1.90 bits per heavy atom. The van der Waals surface area contributed by atoms with E-state index in [2.05, 4.69) is 10.6 Å². The van der Waals surface area contributed by atoms with Gasteiger partial charge in [0.05, 0.1) is 12.5 Å². The molecule has 118 valence electrons. The van der Waals surface area contributed by atoms with Gasteiger partial charge in [0.2, 0.25) is 0 Å². The molecule has 0 bridgehead atoms. The predicted octanol–water partition coefficient (Wildman–Crippen LogP) is 0.221. The number of carboxylic acids is 1. The highest BCUT2D eigenvalue weighted by Gasteiger charge is 2.21. The summed E-state index contributed by atoms with van der Waals surface area (Å²) in [5.74, 6) is -1.47. The van der Waals surface area contributed by atoms with Crippen molar-refractivity contribution < 1.29 is 19.4 Å². The molecule has 0 aliphatic carbocycles. The zero-order valence-electron chi connectivity index (χ0n) is 12.8. The number of amides is 2.